The molecule has 0 saturated carbocycles. The normalized spacial score (nSPS) is 17.1. The van der Waals surface area contributed by atoms with Gasteiger partial charge in [-0.15, -0.1) is 0 Å². The zero-order chi connectivity index (χ0) is 14.8. The van der Waals surface area contributed by atoms with E-state index < -0.39 is 17.5 Å². The van der Waals surface area contributed by atoms with Gasteiger partial charge in [0.2, 0.25) is 0 Å². The van der Waals surface area contributed by atoms with Crippen molar-refractivity contribution in [3.05, 3.63) is 70.8 Å². The topological polar surface area (TPSA) is 29.1 Å². The first kappa shape index (κ1) is 13.7. The summed E-state index contributed by atoms with van der Waals surface area (Å²) in [5, 5.41) is 2.85. The van der Waals surface area contributed by atoms with Crippen molar-refractivity contribution >= 4 is 5.91 Å². The minimum absolute atomic E-state index is 0.119. The van der Waals surface area contributed by atoms with E-state index in [0.29, 0.717) is 0 Å². The molecule has 2 nitrogen and oxygen atoms in total. The van der Waals surface area contributed by atoms with E-state index in [1.807, 2.05) is 24.3 Å². The van der Waals surface area contributed by atoms with E-state index in [1.165, 1.54) is 11.6 Å². The lowest BCUT2D eigenvalue weighted by Crippen LogP contribution is -2.31. The molecule has 1 N–H and O–H groups in total. The average Bonchev–Trinajstić information content (AvgIpc) is 2.47. The Kier molecular flexibility index (Phi) is 3.69. The number of amides is 1. The summed E-state index contributed by atoms with van der Waals surface area (Å²) in [7, 11) is 0. The van der Waals surface area contributed by atoms with Crippen LogP contribution < -0.4 is 5.32 Å². The standard InChI is InChI=1S/C17H15F2NO/c18-12-8-9-14(15(19)10-12)17(21)20-16-7-3-5-11-4-1-2-6-13(11)16/h1-2,4,6,8-10,16H,3,5,7H2,(H,20,21)/t16-/m1/s1. The fraction of sp³-hybridized carbons (Fsp3) is 0.235. The maximum atomic E-state index is 13.7. The fourth-order valence-electron chi connectivity index (χ4n) is 2.81. The van der Waals surface area contributed by atoms with E-state index in [-0.39, 0.29) is 11.6 Å². The molecule has 2 aromatic rings. The van der Waals surface area contributed by atoms with Gasteiger partial charge in [-0.05, 0) is 42.5 Å². The molecule has 0 radical (unpaired) electrons. The lowest BCUT2D eigenvalue weighted by atomic mass is 9.87. The van der Waals surface area contributed by atoms with Crippen LogP contribution in [0, 0.1) is 11.6 Å². The summed E-state index contributed by atoms with van der Waals surface area (Å²) >= 11 is 0. The molecule has 1 aliphatic carbocycles. The van der Waals surface area contributed by atoms with Crippen molar-refractivity contribution in [1.82, 2.24) is 5.32 Å². The maximum Gasteiger partial charge on any atom is 0.254 e. The van der Waals surface area contributed by atoms with E-state index in [1.54, 1.807) is 0 Å². The molecule has 3 rings (SSSR count). The highest BCUT2D eigenvalue weighted by molar-refractivity contribution is 5.94. The van der Waals surface area contributed by atoms with Crippen molar-refractivity contribution < 1.29 is 13.6 Å². The number of aryl methyl sites for hydroxylation is 1. The summed E-state index contributed by atoms with van der Waals surface area (Å²) < 4.78 is 26.5. The summed E-state index contributed by atoms with van der Waals surface area (Å²) in [4.78, 5) is 12.2. The fourth-order valence-corrected chi connectivity index (χ4v) is 2.81. The number of carbonyl (C=O) groups is 1. The molecular formula is C17H15F2NO. The molecule has 4 heteroatoms. The maximum absolute atomic E-state index is 13.7. The Bertz CT molecular complexity index is 684. The number of hydrogen-bond donors (Lipinski definition) is 1. The van der Waals surface area contributed by atoms with Gasteiger partial charge in [0, 0.05) is 6.07 Å². The Morgan fingerprint density at radius 3 is 2.76 bits per heavy atom. The summed E-state index contributed by atoms with van der Waals surface area (Å²) in [6.07, 6.45) is 2.80. The first-order valence-corrected chi connectivity index (χ1v) is 6.99. The first-order chi connectivity index (χ1) is 10.1. The smallest absolute Gasteiger partial charge is 0.254 e. The second-order valence-corrected chi connectivity index (χ2v) is 5.24. The minimum Gasteiger partial charge on any atom is -0.345 e. The van der Waals surface area contributed by atoms with E-state index in [0.717, 1.165) is 37.0 Å². The van der Waals surface area contributed by atoms with Gasteiger partial charge in [0.05, 0.1) is 11.6 Å². The second-order valence-electron chi connectivity index (χ2n) is 5.24. The predicted molar refractivity (Wildman–Crippen MR) is 75.9 cm³/mol. The number of rotatable bonds is 2. The summed E-state index contributed by atoms with van der Waals surface area (Å²) in [5.74, 6) is -2.03. The largest absolute Gasteiger partial charge is 0.345 e. The van der Waals surface area contributed by atoms with E-state index in [9.17, 15) is 13.6 Å². The van der Waals surface area contributed by atoms with Crippen LogP contribution >= 0.6 is 0 Å². The van der Waals surface area contributed by atoms with Gasteiger partial charge in [-0.2, -0.15) is 0 Å². The molecule has 0 aliphatic heterocycles. The van der Waals surface area contributed by atoms with Crippen LogP contribution in [0.1, 0.15) is 40.4 Å². The molecule has 1 atom stereocenters. The second kappa shape index (κ2) is 5.64. The zero-order valence-electron chi connectivity index (χ0n) is 11.4. The first-order valence-electron chi connectivity index (χ1n) is 6.99. The quantitative estimate of drug-likeness (QED) is 0.895. The highest BCUT2D eigenvalue weighted by atomic mass is 19.1. The molecule has 0 unspecified atom stereocenters. The third-order valence-corrected chi connectivity index (χ3v) is 3.85. The van der Waals surface area contributed by atoms with Crippen LogP contribution in [-0.4, -0.2) is 5.91 Å². The molecule has 1 amide bonds. The predicted octanol–water partition coefficient (Wildman–Crippen LogP) is 3.77. The number of fused-ring (bicyclic) bond motifs is 1. The van der Waals surface area contributed by atoms with Crippen LogP contribution in [0.3, 0.4) is 0 Å². The van der Waals surface area contributed by atoms with Crippen LogP contribution in [-0.2, 0) is 6.42 Å². The van der Waals surface area contributed by atoms with Crippen molar-refractivity contribution in [3.8, 4) is 0 Å². The van der Waals surface area contributed by atoms with Crippen LogP contribution in [0.5, 0.6) is 0 Å². The molecule has 1 aliphatic rings. The minimum atomic E-state index is -0.836. The van der Waals surface area contributed by atoms with E-state index in [4.69, 9.17) is 0 Å². The molecule has 2 aromatic carbocycles. The Morgan fingerprint density at radius 2 is 1.95 bits per heavy atom. The van der Waals surface area contributed by atoms with Crippen molar-refractivity contribution in [3.63, 3.8) is 0 Å². The Morgan fingerprint density at radius 1 is 1.14 bits per heavy atom. The number of hydrogen-bond acceptors (Lipinski definition) is 1. The highest BCUT2D eigenvalue weighted by Gasteiger charge is 2.23. The van der Waals surface area contributed by atoms with Crippen molar-refractivity contribution in [2.75, 3.05) is 0 Å². The van der Waals surface area contributed by atoms with E-state index in [2.05, 4.69) is 5.32 Å². The summed E-state index contributed by atoms with van der Waals surface area (Å²) in [5.41, 5.74) is 2.17. The van der Waals surface area contributed by atoms with Crippen LogP contribution in [0.15, 0.2) is 42.5 Å². The van der Waals surface area contributed by atoms with Gasteiger partial charge in [-0.1, -0.05) is 24.3 Å². The third kappa shape index (κ3) is 2.79. The van der Waals surface area contributed by atoms with E-state index >= 15 is 0 Å². The van der Waals surface area contributed by atoms with Crippen molar-refractivity contribution in [1.29, 1.82) is 0 Å². The van der Waals surface area contributed by atoms with Gasteiger partial charge in [0.15, 0.2) is 0 Å². The zero-order valence-corrected chi connectivity index (χ0v) is 11.4. The van der Waals surface area contributed by atoms with Gasteiger partial charge < -0.3 is 5.32 Å². The molecule has 0 bridgehead atoms. The molecule has 0 heterocycles. The molecule has 0 aromatic heterocycles. The van der Waals surface area contributed by atoms with Crippen molar-refractivity contribution in [2.24, 2.45) is 0 Å². The monoisotopic (exact) mass is 287 g/mol. The lowest BCUT2D eigenvalue weighted by Gasteiger charge is -2.26. The Labute approximate surface area is 121 Å². The summed E-state index contributed by atoms with van der Waals surface area (Å²) in [6, 6.07) is 10.8. The number of halogens is 2. The number of nitrogens with one attached hydrogen (secondary N) is 1. The summed E-state index contributed by atoms with van der Waals surface area (Å²) in [6.45, 7) is 0. The Hall–Kier alpha value is -2.23. The van der Waals surface area contributed by atoms with Gasteiger partial charge in [-0.25, -0.2) is 8.78 Å². The van der Waals surface area contributed by atoms with Gasteiger partial charge in [0.25, 0.3) is 5.91 Å². The average molecular weight is 287 g/mol. The lowest BCUT2D eigenvalue weighted by molar-refractivity contribution is 0.0928. The molecule has 0 fully saturated rings. The van der Waals surface area contributed by atoms with Gasteiger partial charge in [0.1, 0.15) is 11.6 Å². The Balaban J connectivity index is 1.83. The van der Waals surface area contributed by atoms with Crippen LogP contribution in [0.4, 0.5) is 8.78 Å². The molecule has 0 spiro atoms. The molecule has 21 heavy (non-hydrogen) atoms. The molecular weight excluding hydrogens is 272 g/mol. The number of carbonyl (C=O) groups excluding carboxylic acids is 1. The molecule has 108 valence electrons. The molecule has 0 saturated heterocycles. The third-order valence-electron chi connectivity index (χ3n) is 3.85. The van der Waals surface area contributed by atoms with Gasteiger partial charge in [-0.3, -0.25) is 4.79 Å². The van der Waals surface area contributed by atoms with Crippen LogP contribution in [0.2, 0.25) is 0 Å². The SMILES string of the molecule is O=C(N[C@@H]1CCCc2ccccc21)c1ccc(F)cc1F. The van der Waals surface area contributed by atoms with Gasteiger partial charge >= 0.3 is 0 Å². The van der Waals surface area contributed by atoms with Crippen molar-refractivity contribution in [2.45, 2.75) is 25.3 Å². The van der Waals surface area contributed by atoms with Crippen LogP contribution in [0.25, 0.3) is 0 Å². The highest BCUT2D eigenvalue weighted by Crippen LogP contribution is 2.29. The number of benzene rings is 2.